The molecule has 1 aliphatic carbocycles. The van der Waals surface area contributed by atoms with Crippen molar-refractivity contribution in [1.29, 1.82) is 0 Å². The van der Waals surface area contributed by atoms with Crippen LogP contribution in [-0.4, -0.2) is 59.1 Å². The Morgan fingerprint density at radius 1 is 1.12 bits per heavy atom. The van der Waals surface area contributed by atoms with E-state index in [0.717, 1.165) is 10.7 Å². The average molecular weight is 378 g/mol. The van der Waals surface area contributed by atoms with Crippen LogP contribution < -0.4 is 0 Å². The van der Waals surface area contributed by atoms with Crippen LogP contribution in [0.1, 0.15) is 52.8 Å². The highest BCUT2D eigenvalue weighted by molar-refractivity contribution is 7.90. The fourth-order valence-electron chi connectivity index (χ4n) is 3.65. The molecule has 3 aliphatic rings. The highest BCUT2D eigenvalue weighted by Gasteiger charge is 2.49. The van der Waals surface area contributed by atoms with Gasteiger partial charge in [-0.2, -0.15) is 0 Å². The minimum atomic E-state index is -3.95. The number of sulfonamides is 1. The SMILES string of the molecule is O=C(O)[C@@H]1CCCCN1C(=O)c1ccc2c(c1)S(=O)(=O)N(C1CC1)C2=O. The third kappa shape index (κ3) is 2.49. The van der Waals surface area contributed by atoms with E-state index in [1.54, 1.807) is 0 Å². The zero-order valence-corrected chi connectivity index (χ0v) is 14.7. The lowest BCUT2D eigenvalue weighted by molar-refractivity contribution is -0.143. The number of carbonyl (C=O) groups is 3. The minimum absolute atomic E-state index is 0.0712. The maximum Gasteiger partial charge on any atom is 0.326 e. The maximum atomic E-state index is 12.8. The van der Waals surface area contributed by atoms with Gasteiger partial charge in [-0.15, -0.1) is 0 Å². The van der Waals surface area contributed by atoms with Gasteiger partial charge in [0.05, 0.1) is 5.56 Å². The van der Waals surface area contributed by atoms with Gasteiger partial charge >= 0.3 is 5.97 Å². The molecule has 2 fully saturated rings. The largest absolute Gasteiger partial charge is 0.480 e. The summed E-state index contributed by atoms with van der Waals surface area (Å²) in [7, 11) is -3.95. The molecule has 26 heavy (non-hydrogen) atoms. The predicted molar refractivity (Wildman–Crippen MR) is 89.1 cm³/mol. The number of likely N-dealkylation sites (tertiary alicyclic amines) is 1. The lowest BCUT2D eigenvalue weighted by Gasteiger charge is -2.33. The highest BCUT2D eigenvalue weighted by atomic mass is 32.2. The fourth-order valence-corrected chi connectivity index (χ4v) is 5.49. The molecule has 2 heterocycles. The quantitative estimate of drug-likeness (QED) is 0.842. The van der Waals surface area contributed by atoms with Gasteiger partial charge in [-0.25, -0.2) is 17.5 Å². The first-order valence-corrected chi connectivity index (χ1v) is 10.0. The molecule has 138 valence electrons. The van der Waals surface area contributed by atoms with Gasteiger partial charge < -0.3 is 10.0 Å². The molecule has 2 aliphatic heterocycles. The van der Waals surface area contributed by atoms with E-state index >= 15 is 0 Å². The number of hydrogen-bond acceptors (Lipinski definition) is 5. The van der Waals surface area contributed by atoms with Crippen molar-refractivity contribution in [3.8, 4) is 0 Å². The summed E-state index contributed by atoms with van der Waals surface area (Å²) in [5, 5.41) is 9.34. The van der Waals surface area contributed by atoms with Gasteiger partial charge in [0.1, 0.15) is 10.9 Å². The lowest BCUT2D eigenvalue weighted by Crippen LogP contribution is -2.48. The van der Waals surface area contributed by atoms with Crippen molar-refractivity contribution in [2.75, 3.05) is 6.54 Å². The van der Waals surface area contributed by atoms with Crippen molar-refractivity contribution in [1.82, 2.24) is 9.21 Å². The Morgan fingerprint density at radius 2 is 1.85 bits per heavy atom. The average Bonchev–Trinajstić information content (AvgIpc) is 3.42. The smallest absolute Gasteiger partial charge is 0.326 e. The number of carboxylic acid groups (broad SMARTS) is 1. The molecule has 0 spiro atoms. The van der Waals surface area contributed by atoms with Crippen molar-refractivity contribution >= 4 is 27.8 Å². The Morgan fingerprint density at radius 3 is 2.50 bits per heavy atom. The summed E-state index contributed by atoms with van der Waals surface area (Å²) in [6, 6.07) is 2.76. The van der Waals surface area contributed by atoms with E-state index < -0.39 is 33.8 Å². The van der Waals surface area contributed by atoms with Crippen molar-refractivity contribution < 1.29 is 27.9 Å². The summed E-state index contributed by atoms with van der Waals surface area (Å²) in [6.07, 6.45) is 3.10. The molecule has 0 bridgehead atoms. The Balaban J connectivity index is 1.70. The third-order valence-electron chi connectivity index (χ3n) is 5.12. The molecular formula is C17H18N2O6S. The van der Waals surface area contributed by atoms with Crippen molar-refractivity contribution in [2.45, 2.75) is 49.1 Å². The number of hydrogen-bond donors (Lipinski definition) is 1. The molecule has 8 nitrogen and oxygen atoms in total. The molecule has 1 saturated carbocycles. The van der Waals surface area contributed by atoms with Crippen LogP contribution in [-0.2, 0) is 14.8 Å². The molecule has 1 aromatic carbocycles. The van der Waals surface area contributed by atoms with Crippen LogP contribution >= 0.6 is 0 Å². The van der Waals surface area contributed by atoms with Gasteiger partial charge in [-0.3, -0.25) is 9.59 Å². The van der Waals surface area contributed by atoms with Crippen LogP contribution in [0.4, 0.5) is 0 Å². The number of benzene rings is 1. The molecule has 1 saturated heterocycles. The second kappa shape index (κ2) is 5.80. The summed E-state index contributed by atoms with van der Waals surface area (Å²) in [5.74, 6) is -2.14. The van der Waals surface area contributed by atoms with Crippen molar-refractivity contribution in [3.05, 3.63) is 29.3 Å². The number of rotatable bonds is 3. The minimum Gasteiger partial charge on any atom is -0.480 e. The summed E-state index contributed by atoms with van der Waals surface area (Å²) >= 11 is 0. The van der Waals surface area contributed by atoms with Crippen LogP contribution in [0.2, 0.25) is 0 Å². The van der Waals surface area contributed by atoms with Crippen LogP contribution in [0.5, 0.6) is 0 Å². The molecule has 1 N–H and O–H groups in total. The summed E-state index contributed by atoms with van der Waals surface area (Å²) in [5.41, 5.74) is 0.160. The molecule has 1 atom stereocenters. The zero-order valence-electron chi connectivity index (χ0n) is 13.9. The molecule has 1 aromatic rings. The zero-order chi connectivity index (χ0) is 18.6. The third-order valence-corrected chi connectivity index (χ3v) is 7.00. The number of aliphatic carboxylic acids is 1. The number of nitrogens with zero attached hydrogens (tertiary/aromatic N) is 2. The first-order valence-electron chi connectivity index (χ1n) is 8.59. The van der Waals surface area contributed by atoms with Crippen LogP contribution in [0.15, 0.2) is 23.1 Å². The molecule has 0 radical (unpaired) electrons. The normalized spacial score (nSPS) is 24.5. The van der Waals surface area contributed by atoms with E-state index in [0.29, 0.717) is 32.2 Å². The predicted octanol–water partition coefficient (Wildman–Crippen LogP) is 1.07. The Bertz CT molecular complexity index is 921. The van der Waals surface area contributed by atoms with Crippen LogP contribution in [0.3, 0.4) is 0 Å². The Labute approximate surface area is 150 Å². The monoisotopic (exact) mass is 378 g/mol. The molecule has 0 unspecified atom stereocenters. The highest BCUT2D eigenvalue weighted by Crippen LogP contribution is 2.39. The van der Waals surface area contributed by atoms with Crippen LogP contribution in [0, 0.1) is 0 Å². The van der Waals surface area contributed by atoms with Crippen molar-refractivity contribution in [2.24, 2.45) is 0 Å². The molecule has 2 amide bonds. The Kier molecular flexibility index (Phi) is 3.80. The van der Waals surface area contributed by atoms with E-state index in [4.69, 9.17) is 0 Å². The first kappa shape index (κ1) is 17.0. The standard InChI is InChI=1S/C17H18N2O6S/c20-15(18-8-2-1-3-13(18)17(22)23)10-4-7-12-14(9-10)26(24,25)19(16(12)21)11-5-6-11/h4,7,9,11,13H,1-3,5-6,8H2,(H,22,23)/t13-/m0/s1. The van der Waals surface area contributed by atoms with E-state index in [1.165, 1.54) is 23.1 Å². The summed E-state index contributed by atoms with van der Waals surface area (Å²) in [4.78, 5) is 37.7. The van der Waals surface area contributed by atoms with Gasteiger partial charge in [-0.05, 0) is 50.3 Å². The van der Waals surface area contributed by atoms with Gasteiger partial charge in [-0.1, -0.05) is 0 Å². The first-order chi connectivity index (χ1) is 12.3. The Hall–Kier alpha value is -2.42. The van der Waals surface area contributed by atoms with Crippen LogP contribution in [0.25, 0.3) is 0 Å². The van der Waals surface area contributed by atoms with E-state index in [-0.39, 0.29) is 22.1 Å². The number of piperidine rings is 1. The van der Waals surface area contributed by atoms with Gasteiger partial charge in [0, 0.05) is 18.2 Å². The van der Waals surface area contributed by atoms with Gasteiger partial charge in [0.2, 0.25) is 0 Å². The van der Waals surface area contributed by atoms with Gasteiger partial charge in [0.25, 0.3) is 21.8 Å². The fraction of sp³-hybridized carbons (Fsp3) is 0.471. The second-order valence-electron chi connectivity index (χ2n) is 6.90. The molecule has 9 heteroatoms. The number of amides is 2. The summed E-state index contributed by atoms with van der Waals surface area (Å²) < 4.78 is 26.3. The summed E-state index contributed by atoms with van der Waals surface area (Å²) in [6.45, 7) is 0.312. The molecule has 4 rings (SSSR count). The topological polar surface area (TPSA) is 112 Å². The second-order valence-corrected chi connectivity index (χ2v) is 8.68. The molecular weight excluding hydrogens is 360 g/mol. The number of carbonyl (C=O) groups excluding carboxylic acids is 2. The van der Waals surface area contributed by atoms with Gasteiger partial charge in [0.15, 0.2) is 0 Å². The van der Waals surface area contributed by atoms with E-state index in [9.17, 15) is 27.9 Å². The number of carboxylic acids is 1. The lowest BCUT2D eigenvalue weighted by atomic mass is 10.0. The van der Waals surface area contributed by atoms with E-state index in [2.05, 4.69) is 0 Å². The molecule has 0 aromatic heterocycles. The van der Waals surface area contributed by atoms with Crippen molar-refractivity contribution in [3.63, 3.8) is 0 Å². The number of fused-ring (bicyclic) bond motifs is 1. The van der Waals surface area contributed by atoms with E-state index in [1.807, 2.05) is 0 Å². The maximum absolute atomic E-state index is 12.8.